The first-order valence-electron chi connectivity index (χ1n) is 4.35. The molecule has 0 aliphatic rings. The van der Waals surface area contributed by atoms with Crippen molar-refractivity contribution in [3.63, 3.8) is 0 Å². The van der Waals surface area contributed by atoms with Crippen LogP contribution in [0.5, 0.6) is 0 Å². The molecule has 1 aromatic carbocycles. The first-order chi connectivity index (χ1) is 6.33. The molecule has 2 heteroatoms. The lowest BCUT2D eigenvalue weighted by molar-refractivity contribution is 0.0563. The van der Waals surface area contributed by atoms with Gasteiger partial charge in [-0.1, -0.05) is 30.3 Å². The molecule has 0 heterocycles. The number of hydrogen-bond acceptors (Lipinski definition) is 2. The van der Waals surface area contributed by atoms with Gasteiger partial charge in [0.2, 0.25) is 0 Å². The summed E-state index contributed by atoms with van der Waals surface area (Å²) in [5.41, 5.74) is 1.15. The van der Waals surface area contributed by atoms with E-state index in [9.17, 15) is 0 Å². The summed E-state index contributed by atoms with van der Waals surface area (Å²) in [4.78, 5) is 0. The summed E-state index contributed by atoms with van der Waals surface area (Å²) >= 11 is 0. The van der Waals surface area contributed by atoms with Crippen molar-refractivity contribution in [3.8, 4) is 6.07 Å². The number of nitrogens with zero attached hydrogens (tertiary/aromatic N) is 1. The van der Waals surface area contributed by atoms with Crippen molar-refractivity contribution in [1.29, 1.82) is 5.26 Å². The molecule has 0 aromatic heterocycles. The van der Waals surface area contributed by atoms with E-state index in [0.29, 0.717) is 13.0 Å². The molecule has 0 radical (unpaired) electrons. The summed E-state index contributed by atoms with van der Waals surface area (Å²) in [6, 6.07) is 12.0. The Morgan fingerprint density at radius 2 is 2.08 bits per heavy atom. The highest BCUT2D eigenvalue weighted by Gasteiger charge is 2.00. The van der Waals surface area contributed by atoms with Gasteiger partial charge < -0.3 is 4.74 Å². The number of ether oxygens (including phenoxy) is 1. The minimum absolute atomic E-state index is 0.0187. The molecule has 1 rings (SSSR count). The predicted molar refractivity (Wildman–Crippen MR) is 50.9 cm³/mol. The summed E-state index contributed by atoms with van der Waals surface area (Å²) in [7, 11) is 0. The van der Waals surface area contributed by atoms with E-state index in [1.54, 1.807) is 0 Å². The van der Waals surface area contributed by atoms with Crippen LogP contribution in [-0.4, -0.2) is 6.10 Å². The average Bonchev–Trinajstić information content (AvgIpc) is 2.17. The van der Waals surface area contributed by atoms with Crippen molar-refractivity contribution < 1.29 is 4.74 Å². The van der Waals surface area contributed by atoms with Gasteiger partial charge in [0.15, 0.2) is 0 Å². The molecule has 0 amide bonds. The van der Waals surface area contributed by atoms with Crippen molar-refractivity contribution in [2.45, 2.75) is 26.1 Å². The van der Waals surface area contributed by atoms with Gasteiger partial charge in [-0.25, -0.2) is 0 Å². The first kappa shape index (κ1) is 9.76. The van der Waals surface area contributed by atoms with Crippen LogP contribution in [-0.2, 0) is 11.3 Å². The van der Waals surface area contributed by atoms with E-state index in [1.165, 1.54) is 0 Å². The predicted octanol–water partition coefficient (Wildman–Crippen LogP) is 2.51. The average molecular weight is 175 g/mol. The Bertz CT molecular complexity index is 276. The van der Waals surface area contributed by atoms with Crippen LogP contribution in [0, 0.1) is 11.3 Å². The molecule has 0 unspecified atom stereocenters. The molecule has 0 aliphatic carbocycles. The van der Waals surface area contributed by atoms with Crippen molar-refractivity contribution >= 4 is 0 Å². The summed E-state index contributed by atoms with van der Waals surface area (Å²) in [6.45, 7) is 2.50. The summed E-state index contributed by atoms with van der Waals surface area (Å²) in [5.74, 6) is 0. The fraction of sp³-hybridized carbons (Fsp3) is 0.364. The normalized spacial score (nSPS) is 12.0. The van der Waals surface area contributed by atoms with Gasteiger partial charge in [-0.2, -0.15) is 5.26 Å². The van der Waals surface area contributed by atoms with Crippen LogP contribution in [0.4, 0.5) is 0 Å². The minimum atomic E-state index is 0.0187. The van der Waals surface area contributed by atoms with Crippen molar-refractivity contribution in [2.75, 3.05) is 0 Å². The topological polar surface area (TPSA) is 33.0 Å². The minimum Gasteiger partial charge on any atom is -0.373 e. The van der Waals surface area contributed by atoms with E-state index in [2.05, 4.69) is 6.07 Å². The molecule has 68 valence electrons. The second-order valence-electron chi connectivity index (χ2n) is 2.97. The smallest absolute Gasteiger partial charge is 0.0720 e. The van der Waals surface area contributed by atoms with Gasteiger partial charge in [0.25, 0.3) is 0 Å². The molecule has 1 atom stereocenters. The number of benzene rings is 1. The fourth-order valence-corrected chi connectivity index (χ4v) is 1.00. The first-order valence-corrected chi connectivity index (χ1v) is 4.35. The van der Waals surface area contributed by atoms with E-state index < -0.39 is 0 Å². The molecule has 2 nitrogen and oxygen atoms in total. The highest BCUT2D eigenvalue weighted by atomic mass is 16.5. The van der Waals surface area contributed by atoms with E-state index in [4.69, 9.17) is 10.00 Å². The Kier molecular flexibility index (Phi) is 4.01. The third-order valence-corrected chi connectivity index (χ3v) is 1.76. The Balaban J connectivity index is 2.32. The van der Waals surface area contributed by atoms with Gasteiger partial charge in [0.05, 0.1) is 25.2 Å². The van der Waals surface area contributed by atoms with E-state index in [0.717, 1.165) is 5.56 Å². The van der Waals surface area contributed by atoms with Crippen LogP contribution in [0.1, 0.15) is 18.9 Å². The molecule has 0 bridgehead atoms. The Labute approximate surface area is 78.8 Å². The number of nitriles is 1. The Hall–Kier alpha value is -1.33. The molecule has 0 saturated heterocycles. The van der Waals surface area contributed by atoms with Crippen LogP contribution in [0.2, 0.25) is 0 Å². The van der Waals surface area contributed by atoms with Crippen LogP contribution in [0.3, 0.4) is 0 Å². The van der Waals surface area contributed by atoms with Gasteiger partial charge in [-0.3, -0.25) is 0 Å². The van der Waals surface area contributed by atoms with Gasteiger partial charge in [-0.05, 0) is 12.5 Å². The van der Waals surface area contributed by atoms with Gasteiger partial charge in [0.1, 0.15) is 0 Å². The molecule has 0 saturated carbocycles. The zero-order valence-corrected chi connectivity index (χ0v) is 7.73. The fourth-order valence-electron chi connectivity index (χ4n) is 1.00. The van der Waals surface area contributed by atoms with Crippen LogP contribution < -0.4 is 0 Å². The van der Waals surface area contributed by atoms with Gasteiger partial charge in [-0.15, -0.1) is 0 Å². The summed E-state index contributed by atoms with van der Waals surface area (Å²) in [6.07, 6.45) is 0.470. The maximum absolute atomic E-state index is 8.40. The Morgan fingerprint density at radius 1 is 1.38 bits per heavy atom. The highest BCUT2D eigenvalue weighted by molar-refractivity contribution is 5.13. The highest BCUT2D eigenvalue weighted by Crippen LogP contribution is 2.04. The lowest BCUT2D eigenvalue weighted by atomic mass is 10.2. The van der Waals surface area contributed by atoms with Crippen LogP contribution in [0.25, 0.3) is 0 Å². The largest absolute Gasteiger partial charge is 0.373 e. The molecule has 0 N–H and O–H groups in total. The zero-order chi connectivity index (χ0) is 9.52. The van der Waals surface area contributed by atoms with Crippen LogP contribution in [0.15, 0.2) is 30.3 Å². The molecule has 13 heavy (non-hydrogen) atoms. The zero-order valence-electron chi connectivity index (χ0n) is 7.73. The Morgan fingerprint density at radius 3 is 2.69 bits per heavy atom. The van der Waals surface area contributed by atoms with Crippen molar-refractivity contribution in [3.05, 3.63) is 35.9 Å². The second kappa shape index (κ2) is 5.34. The maximum Gasteiger partial charge on any atom is 0.0720 e. The molecule has 0 aliphatic heterocycles. The molecular formula is C11H13NO. The second-order valence-corrected chi connectivity index (χ2v) is 2.97. The molecule has 0 spiro atoms. The third-order valence-electron chi connectivity index (χ3n) is 1.76. The monoisotopic (exact) mass is 175 g/mol. The molecule has 1 aromatic rings. The molecule has 0 fully saturated rings. The van der Waals surface area contributed by atoms with Crippen molar-refractivity contribution in [2.24, 2.45) is 0 Å². The third kappa shape index (κ3) is 3.73. The lowest BCUT2D eigenvalue weighted by Gasteiger charge is -2.08. The number of rotatable bonds is 4. The lowest BCUT2D eigenvalue weighted by Crippen LogP contribution is -2.06. The summed E-state index contributed by atoms with van der Waals surface area (Å²) < 4.78 is 5.45. The standard InChI is InChI=1S/C11H13NO/c1-10(7-8-12)13-9-11-5-3-2-4-6-11/h2-6,10H,7,9H2,1H3/t10-/m1/s1. The molecular weight excluding hydrogens is 162 g/mol. The van der Waals surface area contributed by atoms with Gasteiger partial charge >= 0.3 is 0 Å². The quantitative estimate of drug-likeness (QED) is 0.704. The SMILES string of the molecule is C[C@H](CC#N)OCc1ccccc1. The van der Waals surface area contributed by atoms with Crippen molar-refractivity contribution in [1.82, 2.24) is 0 Å². The van der Waals surface area contributed by atoms with E-state index in [1.807, 2.05) is 37.3 Å². The summed E-state index contributed by atoms with van der Waals surface area (Å²) in [5, 5.41) is 8.40. The maximum atomic E-state index is 8.40. The van der Waals surface area contributed by atoms with E-state index >= 15 is 0 Å². The van der Waals surface area contributed by atoms with E-state index in [-0.39, 0.29) is 6.10 Å². The number of hydrogen-bond donors (Lipinski definition) is 0. The van der Waals surface area contributed by atoms with Gasteiger partial charge in [0, 0.05) is 0 Å². The van der Waals surface area contributed by atoms with Crippen LogP contribution >= 0.6 is 0 Å².